The van der Waals surface area contributed by atoms with Gasteiger partial charge in [-0.25, -0.2) is 0 Å². The summed E-state index contributed by atoms with van der Waals surface area (Å²) in [4.78, 5) is 11.8. The van der Waals surface area contributed by atoms with Gasteiger partial charge in [0.05, 0.1) is 0 Å². The molecule has 0 saturated heterocycles. The topological polar surface area (TPSA) is 41.1 Å². The molecule has 1 saturated carbocycles. The Morgan fingerprint density at radius 1 is 1.29 bits per heavy atom. The molecule has 2 atom stereocenters. The van der Waals surface area contributed by atoms with Gasteiger partial charge in [0.2, 0.25) is 0 Å². The van der Waals surface area contributed by atoms with E-state index in [4.69, 9.17) is 0 Å². The zero-order chi connectivity index (χ0) is 15.6. The average Bonchev–Trinajstić information content (AvgIpc) is 2.38. The summed E-state index contributed by atoms with van der Waals surface area (Å²) in [6, 6.07) is 6.36. The van der Waals surface area contributed by atoms with Crippen molar-refractivity contribution >= 4 is 11.6 Å². The van der Waals surface area contributed by atoms with E-state index >= 15 is 0 Å². The summed E-state index contributed by atoms with van der Waals surface area (Å²) in [5, 5.41) is 6.36. The van der Waals surface area contributed by atoms with Crippen LogP contribution in [-0.2, 0) is 0 Å². The molecule has 2 rings (SSSR count). The van der Waals surface area contributed by atoms with Crippen LogP contribution in [0.5, 0.6) is 0 Å². The first-order chi connectivity index (χ1) is 9.80. The molecule has 3 heteroatoms. The average molecular weight is 288 g/mol. The van der Waals surface area contributed by atoms with Gasteiger partial charge in [0.25, 0.3) is 5.91 Å². The summed E-state index contributed by atoms with van der Waals surface area (Å²) >= 11 is 0. The van der Waals surface area contributed by atoms with Gasteiger partial charge in [0, 0.05) is 24.3 Å². The summed E-state index contributed by atoms with van der Waals surface area (Å²) in [6.45, 7) is 9.13. The molecule has 0 radical (unpaired) electrons. The van der Waals surface area contributed by atoms with Crippen LogP contribution in [0.25, 0.3) is 0 Å². The second kappa shape index (κ2) is 6.08. The molecule has 1 aromatic carbocycles. The zero-order valence-electron chi connectivity index (χ0n) is 13.9. The van der Waals surface area contributed by atoms with Crippen LogP contribution in [0, 0.1) is 18.3 Å². The van der Waals surface area contributed by atoms with Crippen molar-refractivity contribution in [1.29, 1.82) is 0 Å². The minimum absolute atomic E-state index is 0.0320. The van der Waals surface area contributed by atoms with Crippen molar-refractivity contribution in [3.63, 3.8) is 0 Å². The summed E-state index contributed by atoms with van der Waals surface area (Å²) in [7, 11) is 1.67. The lowest BCUT2D eigenvalue weighted by Crippen LogP contribution is -2.35. The Hall–Kier alpha value is -1.51. The van der Waals surface area contributed by atoms with Crippen LogP contribution in [0.4, 0.5) is 5.69 Å². The number of aryl methyl sites for hydroxylation is 1. The molecule has 116 valence electrons. The molecule has 1 amide bonds. The Morgan fingerprint density at radius 3 is 2.62 bits per heavy atom. The fourth-order valence-electron chi connectivity index (χ4n) is 3.74. The van der Waals surface area contributed by atoms with Crippen LogP contribution in [0.15, 0.2) is 18.2 Å². The van der Waals surface area contributed by atoms with E-state index in [0.717, 1.165) is 11.6 Å². The van der Waals surface area contributed by atoms with Gasteiger partial charge in [-0.2, -0.15) is 0 Å². The highest BCUT2D eigenvalue weighted by atomic mass is 16.1. The maximum atomic E-state index is 11.8. The standard InChI is InChI=1S/C18H28N2O/c1-12-8-15(11-18(3,4)10-12)20-16-9-14(17(21)19-5)7-6-13(16)2/h6-7,9,12,15,20H,8,10-11H2,1-5H3,(H,19,21). The highest BCUT2D eigenvalue weighted by molar-refractivity contribution is 5.95. The number of amides is 1. The third-order valence-corrected chi connectivity index (χ3v) is 4.47. The summed E-state index contributed by atoms with van der Waals surface area (Å²) in [5.41, 5.74) is 3.39. The van der Waals surface area contributed by atoms with Gasteiger partial charge < -0.3 is 10.6 Å². The predicted octanol–water partition coefficient (Wildman–Crippen LogP) is 3.98. The molecule has 1 aliphatic rings. The lowest BCUT2D eigenvalue weighted by atomic mass is 9.70. The smallest absolute Gasteiger partial charge is 0.251 e. The molecule has 0 bridgehead atoms. The monoisotopic (exact) mass is 288 g/mol. The van der Waals surface area contributed by atoms with E-state index < -0.39 is 0 Å². The number of hydrogen-bond acceptors (Lipinski definition) is 2. The molecule has 1 fully saturated rings. The Kier molecular flexibility index (Phi) is 4.60. The predicted molar refractivity (Wildman–Crippen MR) is 88.8 cm³/mol. The van der Waals surface area contributed by atoms with Crippen LogP contribution in [0.1, 0.15) is 56.0 Å². The van der Waals surface area contributed by atoms with Gasteiger partial charge in [0.15, 0.2) is 0 Å². The van der Waals surface area contributed by atoms with Gasteiger partial charge in [-0.1, -0.05) is 26.8 Å². The van der Waals surface area contributed by atoms with Crippen LogP contribution in [0.3, 0.4) is 0 Å². The molecule has 0 spiro atoms. The Morgan fingerprint density at radius 2 is 2.00 bits per heavy atom. The molecule has 0 aliphatic heterocycles. The number of rotatable bonds is 3. The quantitative estimate of drug-likeness (QED) is 0.883. The molecule has 2 unspecified atom stereocenters. The van der Waals surface area contributed by atoms with Crippen LogP contribution in [-0.4, -0.2) is 19.0 Å². The normalized spacial score (nSPS) is 24.4. The summed E-state index contributed by atoms with van der Waals surface area (Å²) in [6.07, 6.45) is 3.68. The van der Waals surface area contributed by atoms with Gasteiger partial charge in [0.1, 0.15) is 0 Å². The first-order valence-electron chi connectivity index (χ1n) is 7.90. The molecule has 0 aromatic heterocycles. The molecule has 2 N–H and O–H groups in total. The van der Waals surface area contributed by atoms with Crippen molar-refractivity contribution < 1.29 is 4.79 Å². The number of anilines is 1. The Labute approximate surface area is 128 Å². The maximum absolute atomic E-state index is 11.8. The first-order valence-corrected chi connectivity index (χ1v) is 7.90. The van der Waals surface area contributed by atoms with E-state index in [-0.39, 0.29) is 5.91 Å². The van der Waals surface area contributed by atoms with Crippen molar-refractivity contribution in [2.45, 2.75) is 53.0 Å². The lowest BCUT2D eigenvalue weighted by Gasteiger charge is -2.40. The van der Waals surface area contributed by atoms with Crippen molar-refractivity contribution in [3.05, 3.63) is 29.3 Å². The summed E-state index contributed by atoms with van der Waals surface area (Å²) < 4.78 is 0. The van der Waals surface area contributed by atoms with E-state index in [1.54, 1.807) is 7.05 Å². The molecule has 1 aliphatic carbocycles. The number of carbonyl (C=O) groups is 1. The molecular weight excluding hydrogens is 260 g/mol. The van der Waals surface area contributed by atoms with E-state index in [1.807, 2.05) is 18.2 Å². The fourth-order valence-corrected chi connectivity index (χ4v) is 3.74. The Balaban J connectivity index is 2.17. The fraction of sp³-hybridized carbons (Fsp3) is 0.611. The van der Waals surface area contributed by atoms with Gasteiger partial charge in [-0.3, -0.25) is 4.79 Å². The third kappa shape index (κ3) is 3.99. The largest absolute Gasteiger partial charge is 0.382 e. The highest BCUT2D eigenvalue weighted by Crippen LogP contribution is 2.39. The van der Waals surface area contributed by atoms with Crippen molar-refractivity contribution in [3.8, 4) is 0 Å². The number of nitrogens with one attached hydrogen (secondary N) is 2. The summed E-state index contributed by atoms with van der Waals surface area (Å²) in [5.74, 6) is 0.712. The number of hydrogen-bond donors (Lipinski definition) is 2. The third-order valence-electron chi connectivity index (χ3n) is 4.47. The second-order valence-corrected chi connectivity index (χ2v) is 7.36. The lowest BCUT2D eigenvalue weighted by molar-refractivity contribution is 0.0963. The zero-order valence-corrected chi connectivity index (χ0v) is 13.9. The molecular formula is C18H28N2O. The van der Waals surface area contributed by atoms with E-state index in [1.165, 1.54) is 24.8 Å². The van der Waals surface area contributed by atoms with Gasteiger partial charge >= 0.3 is 0 Å². The first kappa shape index (κ1) is 15.9. The van der Waals surface area contributed by atoms with Crippen molar-refractivity contribution in [1.82, 2.24) is 5.32 Å². The number of carbonyl (C=O) groups excluding carboxylic acids is 1. The maximum Gasteiger partial charge on any atom is 0.251 e. The van der Waals surface area contributed by atoms with Gasteiger partial charge in [-0.15, -0.1) is 0 Å². The number of benzene rings is 1. The van der Waals surface area contributed by atoms with Crippen molar-refractivity contribution in [2.75, 3.05) is 12.4 Å². The minimum atomic E-state index is -0.0320. The Bertz CT molecular complexity index is 522. The van der Waals surface area contributed by atoms with E-state index in [2.05, 4.69) is 38.3 Å². The second-order valence-electron chi connectivity index (χ2n) is 7.36. The highest BCUT2D eigenvalue weighted by Gasteiger charge is 2.32. The minimum Gasteiger partial charge on any atom is -0.382 e. The molecule has 1 aromatic rings. The van der Waals surface area contributed by atoms with E-state index in [0.29, 0.717) is 17.0 Å². The van der Waals surface area contributed by atoms with Crippen LogP contribution < -0.4 is 10.6 Å². The molecule has 21 heavy (non-hydrogen) atoms. The van der Waals surface area contributed by atoms with Crippen LogP contribution in [0.2, 0.25) is 0 Å². The SMILES string of the molecule is CNC(=O)c1ccc(C)c(NC2CC(C)CC(C)(C)C2)c1. The molecule has 3 nitrogen and oxygen atoms in total. The van der Waals surface area contributed by atoms with Crippen molar-refractivity contribution in [2.24, 2.45) is 11.3 Å². The van der Waals surface area contributed by atoms with Gasteiger partial charge in [-0.05, 0) is 55.2 Å². The molecule has 0 heterocycles. The van der Waals surface area contributed by atoms with E-state index in [9.17, 15) is 4.79 Å². The van der Waals surface area contributed by atoms with Crippen LogP contribution >= 0.6 is 0 Å².